The fraction of sp³-hybridized carbons (Fsp3) is 0.640. The fourth-order valence-corrected chi connectivity index (χ4v) is 6.75. The molecule has 0 aromatic carbocycles. The Labute approximate surface area is 226 Å². The highest BCUT2D eigenvalue weighted by molar-refractivity contribution is 7.91. The smallest absolute Gasteiger partial charge is 0.273 e. The van der Waals surface area contributed by atoms with Gasteiger partial charge in [0.1, 0.15) is 21.4 Å². The molecule has 9 nitrogen and oxygen atoms in total. The molecule has 2 aromatic heterocycles. The SMILES string of the molecule is CCn1nc(C(=O)NCC2CCC(S(C)(=O)=O)CC2)c(Cl)c1-c1cnc(NC2CCCC2(F)F)cc1OC. The normalized spacial score (nSPS) is 23.3. The number of nitrogens with one attached hydrogen (secondary N) is 2. The predicted molar refractivity (Wildman–Crippen MR) is 142 cm³/mol. The third-order valence-corrected chi connectivity index (χ3v) is 9.58. The van der Waals surface area contributed by atoms with Crippen LogP contribution in [0.3, 0.4) is 0 Å². The molecule has 2 N–H and O–H groups in total. The van der Waals surface area contributed by atoms with Crippen molar-refractivity contribution in [3.63, 3.8) is 0 Å². The lowest BCUT2D eigenvalue weighted by Crippen LogP contribution is -2.34. The summed E-state index contributed by atoms with van der Waals surface area (Å²) < 4.78 is 58.8. The highest BCUT2D eigenvalue weighted by Crippen LogP contribution is 2.40. The maximum atomic E-state index is 14.1. The molecule has 2 saturated carbocycles. The van der Waals surface area contributed by atoms with E-state index in [9.17, 15) is 22.0 Å². The summed E-state index contributed by atoms with van der Waals surface area (Å²) in [6.45, 7) is 2.67. The summed E-state index contributed by atoms with van der Waals surface area (Å²) in [5.74, 6) is -2.43. The maximum absolute atomic E-state index is 14.1. The van der Waals surface area contributed by atoms with Gasteiger partial charge >= 0.3 is 0 Å². The quantitative estimate of drug-likeness (QED) is 0.452. The average Bonchev–Trinajstić information content (AvgIpc) is 3.39. The summed E-state index contributed by atoms with van der Waals surface area (Å²) in [6.07, 6.45) is 6.00. The van der Waals surface area contributed by atoms with Gasteiger partial charge in [0.05, 0.1) is 34.7 Å². The van der Waals surface area contributed by atoms with E-state index in [2.05, 4.69) is 20.7 Å². The van der Waals surface area contributed by atoms with Gasteiger partial charge in [-0.25, -0.2) is 22.2 Å². The Morgan fingerprint density at radius 2 is 1.97 bits per heavy atom. The van der Waals surface area contributed by atoms with Crippen molar-refractivity contribution in [3.05, 3.63) is 23.0 Å². The molecule has 2 fully saturated rings. The van der Waals surface area contributed by atoms with Gasteiger partial charge in [0.25, 0.3) is 11.8 Å². The minimum Gasteiger partial charge on any atom is -0.496 e. The molecular weight excluding hydrogens is 540 g/mol. The number of aromatic nitrogens is 3. The third kappa shape index (κ3) is 6.06. The largest absolute Gasteiger partial charge is 0.496 e. The van der Waals surface area contributed by atoms with E-state index in [1.807, 2.05) is 6.92 Å². The molecule has 1 amide bonds. The number of aryl methyl sites for hydroxylation is 1. The van der Waals surface area contributed by atoms with E-state index < -0.39 is 27.7 Å². The summed E-state index contributed by atoms with van der Waals surface area (Å²) in [4.78, 5) is 17.3. The number of anilines is 1. The van der Waals surface area contributed by atoms with Gasteiger partial charge in [-0.15, -0.1) is 0 Å². The highest BCUT2D eigenvalue weighted by Gasteiger charge is 2.44. The Hall–Kier alpha value is -2.47. The Bertz CT molecular complexity index is 1280. The van der Waals surface area contributed by atoms with Gasteiger partial charge < -0.3 is 15.4 Å². The van der Waals surface area contributed by atoms with Gasteiger partial charge in [0.2, 0.25) is 0 Å². The minimum atomic E-state index is -3.05. The standard InChI is InChI=1S/C25H34ClF2N5O4S/c1-4-33-23(17-14-29-20(12-18(17)37-2)31-19-6-5-11-25(19,27)28)21(26)22(32-33)24(34)30-13-15-7-9-16(10-8-15)38(3,35)36/h12,14-16,19H,4-11,13H2,1-3H3,(H,29,31)(H,30,34). The van der Waals surface area contributed by atoms with Crippen LogP contribution in [0.1, 0.15) is 62.4 Å². The van der Waals surface area contributed by atoms with Crippen molar-refractivity contribution < 1.29 is 26.7 Å². The zero-order chi connectivity index (χ0) is 27.7. The van der Waals surface area contributed by atoms with E-state index in [0.29, 0.717) is 55.8 Å². The number of pyridine rings is 1. The number of methoxy groups -OCH3 is 1. The Balaban J connectivity index is 1.49. The summed E-state index contributed by atoms with van der Waals surface area (Å²) in [5.41, 5.74) is 0.979. The molecule has 2 heterocycles. The second-order valence-corrected chi connectivity index (χ2v) is 12.8. The number of ether oxygens (including phenoxy) is 1. The van der Waals surface area contributed by atoms with E-state index in [-0.39, 0.29) is 34.1 Å². The van der Waals surface area contributed by atoms with Crippen LogP contribution in [0.5, 0.6) is 5.75 Å². The zero-order valence-electron chi connectivity index (χ0n) is 21.8. The summed E-state index contributed by atoms with van der Waals surface area (Å²) in [5, 5.41) is 9.93. The lowest BCUT2D eigenvalue weighted by Gasteiger charge is -2.27. The van der Waals surface area contributed by atoms with E-state index in [1.165, 1.54) is 19.6 Å². The molecule has 1 atom stereocenters. The van der Waals surface area contributed by atoms with Crippen LogP contribution in [0.15, 0.2) is 12.3 Å². The van der Waals surface area contributed by atoms with Crippen molar-refractivity contribution in [2.75, 3.05) is 25.2 Å². The first-order valence-electron chi connectivity index (χ1n) is 12.9. The first-order chi connectivity index (χ1) is 17.9. The predicted octanol–water partition coefficient (Wildman–Crippen LogP) is 4.56. The Kier molecular flexibility index (Phi) is 8.51. The molecule has 2 aliphatic rings. The lowest BCUT2D eigenvalue weighted by molar-refractivity contribution is -0.000700. The van der Waals surface area contributed by atoms with Crippen molar-refractivity contribution in [1.29, 1.82) is 0 Å². The molecule has 38 heavy (non-hydrogen) atoms. The molecule has 0 aliphatic heterocycles. The number of nitrogens with zero attached hydrogens (tertiary/aromatic N) is 3. The van der Waals surface area contributed by atoms with Gasteiger partial charge in [-0.1, -0.05) is 11.6 Å². The van der Waals surface area contributed by atoms with Crippen LogP contribution in [-0.2, 0) is 16.4 Å². The van der Waals surface area contributed by atoms with E-state index in [0.717, 1.165) is 12.8 Å². The van der Waals surface area contributed by atoms with Gasteiger partial charge in [0, 0.05) is 38.0 Å². The number of carbonyl (C=O) groups is 1. The first-order valence-corrected chi connectivity index (χ1v) is 15.2. The monoisotopic (exact) mass is 573 g/mol. The molecule has 0 bridgehead atoms. The van der Waals surface area contributed by atoms with E-state index >= 15 is 0 Å². The Morgan fingerprint density at radius 1 is 1.26 bits per heavy atom. The van der Waals surface area contributed by atoms with Crippen LogP contribution in [0.2, 0.25) is 5.02 Å². The number of hydrogen-bond donors (Lipinski definition) is 2. The number of halogens is 3. The zero-order valence-corrected chi connectivity index (χ0v) is 23.3. The fourth-order valence-electron chi connectivity index (χ4n) is 5.30. The van der Waals surface area contributed by atoms with Gasteiger partial charge in [-0.05, 0) is 51.4 Å². The van der Waals surface area contributed by atoms with Crippen LogP contribution in [-0.4, -0.2) is 66.2 Å². The van der Waals surface area contributed by atoms with Crippen molar-refractivity contribution >= 4 is 33.2 Å². The van der Waals surface area contributed by atoms with Crippen molar-refractivity contribution in [2.24, 2.45) is 5.92 Å². The number of amides is 1. The maximum Gasteiger partial charge on any atom is 0.273 e. The van der Waals surface area contributed by atoms with Crippen LogP contribution in [0.4, 0.5) is 14.6 Å². The molecule has 210 valence electrons. The van der Waals surface area contributed by atoms with E-state index in [1.54, 1.807) is 10.7 Å². The average molecular weight is 574 g/mol. The molecule has 2 aromatic rings. The summed E-state index contributed by atoms with van der Waals surface area (Å²) >= 11 is 6.66. The highest BCUT2D eigenvalue weighted by atomic mass is 35.5. The topological polar surface area (TPSA) is 115 Å². The molecule has 4 rings (SSSR count). The minimum absolute atomic E-state index is 0.0585. The van der Waals surface area contributed by atoms with Crippen molar-refractivity contribution in [2.45, 2.75) is 75.6 Å². The lowest BCUT2D eigenvalue weighted by atomic mass is 9.89. The Morgan fingerprint density at radius 3 is 2.55 bits per heavy atom. The third-order valence-electron chi connectivity index (χ3n) is 7.54. The van der Waals surface area contributed by atoms with Crippen LogP contribution < -0.4 is 15.4 Å². The molecule has 0 radical (unpaired) electrons. The second-order valence-electron chi connectivity index (χ2n) is 10.1. The van der Waals surface area contributed by atoms with Crippen molar-refractivity contribution in [1.82, 2.24) is 20.1 Å². The summed E-state index contributed by atoms with van der Waals surface area (Å²) in [7, 11) is -1.59. The number of rotatable bonds is 9. The molecule has 2 aliphatic carbocycles. The number of alkyl halides is 2. The number of hydrogen-bond acceptors (Lipinski definition) is 7. The van der Waals surface area contributed by atoms with Crippen LogP contribution in [0.25, 0.3) is 11.3 Å². The van der Waals surface area contributed by atoms with Crippen LogP contribution >= 0.6 is 11.6 Å². The van der Waals surface area contributed by atoms with Gasteiger partial charge in [0.15, 0.2) is 5.69 Å². The number of sulfone groups is 1. The van der Waals surface area contributed by atoms with Crippen LogP contribution in [0, 0.1) is 5.92 Å². The van der Waals surface area contributed by atoms with E-state index in [4.69, 9.17) is 16.3 Å². The number of carbonyl (C=O) groups excluding carboxylic acids is 1. The van der Waals surface area contributed by atoms with Crippen molar-refractivity contribution in [3.8, 4) is 17.0 Å². The second kappa shape index (κ2) is 11.3. The molecular formula is C25H34ClF2N5O4S. The van der Waals surface area contributed by atoms with Gasteiger partial charge in [-0.3, -0.25) is 9.48 Å². The van der Waals surface area contributed by atoms with Gasteiger partial charge in [-0.2, -0.15) is 5.10 Å². The molecule has 0 spiro atoms. The molecule has 0 saturated heterocycles. The summed E-state index contributed by atoms with van der Waals surface area (Å²) in [6, 6.07) is 0.548. The molecule has 1 unspecified atom stereocenters. The molecule has 13 heteroatoms. The first kappa shape index (κ1) is 28.5.